The first-order valence-corrected chi connectivity index (χ1v) is 8.44. The quantitative estimate of drug-likeness (QED) is 0.631. The van der Waals surface area contributed by atoms with Crippen molar-refractivity contribution < 1.29 is 9.53 Å². The van der Waals surface area contributed by atoms with Crippen molar-refractivity contribution in [1.82, 2.24) is 15.0 Å². The third-order valence-corrected chi connectivity index (χ3v) is 4.30. The first kappa shape index (κ1) is 16.8. The molecule has 1 amide bonds. The Balaban J connectivity index is 1.83. The van der Waals surface area contributed by atoms with Gasteiger partial charge in [0.1, 0.15) is 12.4 Å². The molecule has 3 aromatic rings. The van der Waals surface area contributed by atoms with Gasteiger partial charge in [0.2, 0.25) is 0 Å². The number of fused-ring (bicyclic) bond motifs is 6. The molecule has 3 N–H and O–H groups in total. The second-order valence-electron chi connectivity index (χ2n) is 6.13. The fourth-order valence-corrected chi connectivity index (χ4v) is 2.87. The van der Waals surface area contributed by atoms with Crippen LogP contribution in [0.15, 0.2) is 48.9 Å². The average molecular weight is 362 g/mol. The van der Waals surface area contributed by atoms with Gasteiger partial charge in [0, 0.05) is 18.8 Å². The Morgan fingerprint density at radius 3 is 3.04 bits per heavy atom. The maximum atomic E-state index is 12.8. The lowest BCUT2D eigenvalue weighted by molar-refractivity contribution is 0.102. The lowest BCUT2D eigenvalue weighted by atomic mass is 10.1. The highest BCUT2D eigenvalue weighted by Crippen LogP contribution is 2.27. The number of benzene rings is 1. The predicted molar refractivity (Wildman–Crippen MR) is 103 cm³/mol. The first-order chi connectivity index (χ1) is 13.1. The molecule has 4 rings (SSSR count). The largest absolute Gasteiger partial charge is 0.492 e. The Hall–Kier alpha value is -3.68. The van der Waals surface area contributed by atoms with Gasteiger partial charge in [0.05, 0.1) is 36.0 Å². The van der Waals surface area contributed by atoms with Crippen LogP contribution in [-0.2, 0) is 0 Å². The molecule has 0 atom stereocenters. The number of aromatic nitrogens is 3. The van der Waals surface area contributed by atoms with E-state index in [4.69, 9.17) is 10.5 Å². The second-order valence-corrected chi connectivity index (χ2v) is 6.13. The van der Waals surface area contributed by atoms with Crippen molar-refractivity contribution in [2.24, 2.45) is 0 Å². The number of nitrogens with zero attached hydrogens (tertiary/aromatic N) is 4. The molecule has 0 saturated heterocycles. The average Bonchev–Trinajstić information content (AvgIpc) is 2.68. The lowest BCUT2D eigenvalue weighted by Gasteiger charge is -2.22. The molecule has 136 valence electrons. The summed E-state index contributed by atoms with van der Waals surface area (Å²) in [7, 11) is 1.92. The molecule has 3 heterocycles. The number of anilines is 3. The highest BCUT2D eigenvalue weighted by atomic mass is 16.5. The molecule has 8 nitrogen and oxygen atoms in total. The van der Waals surface area contributed by atoms with Crippen LogP contribution in [0.3, 0.4) is 0 Å². The van der Waals surface area contributed by atoms with E-state index in [2.05, 4.69) is 20.3 Å². The second kappa shape index (κ2) is 6.91. The summed E-state index contributed by atoms with van der Waals surface area (Å²) in [5.74, 6) is 0.348. The Labute approximate surface area is 156 Å². The zero-order valence-electron chi connectivity index (χ0n) is 14.7. The summed E-state index contributed by atoms with van der Waals surface area (Å²) in [5, 5.41) is 2.83. The molecule has 0 saturated carbocycles. The van der Waals surface area contributed by atoms with Gasteiger partial charge >= 0.3 is 0 Å². The number of ether oxygens (including phenoxy) is 1. The van der Waals surface area contributed by atoms with E-state index in [9.17, 15) is 4.79 Å². The van der Waals surface area contributed by atoms with Crippen LogP contribution in [0.2, 0.25) is 0 Å². The van der Waals surface area contributed by atoms with E-state index in [0.717, 1.165) is 17.0 Å². The van der Waals surface area contributed by atoms with Crippen LogP contribution >= 0.6 is 0 Å². The Morgan fingerprint density at radius 2 is 2.15 bits per heavy atom. The fraction of sp³-hybridized carbons (Fsp3) is 0.158. The minimum atomic E-state index is -0.436. The van der Waals surface area contributed by atoms with E-state index in [-0.39, 0.29) is 11.5 Å². The third kappa shape index (κ3) is 3.37. The number of nitrogens with two attached hydrogens (primary N) is 1. The Morgan fingerprint density at radius 1 is 1.26 bits per heavy atom. The van der Waals surface area contributed by atoms with Crippen molar-refractivity contribution >= 4 is 23.1 Å². The molecule has 0 aliphatic carbocycles. The number of hydrogen-bond acceptors (Lipinski definition) is 7. The number of amides is 1. The number of likely N-dealkylation sites (N-methyl/N-ethyl adjacent to an activating group) is 1. The van der Waals surface area contributed by atoms with Crippen LogP contribution in [0.25, 0.3) is 11.3 Å². The zero-order chi connectivity index (χ0) is 18.8. The van der Waals surface area contributed by atoms with E-state index in [1.54, 1.807) is 18.6 Å². The molecule has 1 aromatic carbocycles. The molecule has 0 unspecified atom stereocenters. The number of nitrogens with one attached hydrogen (secondary N) is 1. The van der Waals surface area contributed by atoms with Crippen molar-refractivity contribution in [3.63, 3.8) is 0 Å². The monoisotopic (exact) mass is 362 g/mol. The van der Waals surface area contributed by atoms with Crippen molar-refractivity contribution in [2.45, 2.75) is 0 Å². The smallest absolute Gasteiger partial charge is 0.278 e. The summed E-state index contributed by atoms with van der Waals surface area (Å²) < 4.78 is 5.88. The van der Waals surface area contributed by atoms with Gasteiger partial charge in [-0.1, -0.05) is 12.1 Å². The van der Waals surface area contributed by atoms with Crippen LogP contribution in [-0.4, -0.2) is 41.1 Å². The van der Waals surface area contributed by atoms with Crippen molar-refractivity contribution in [3.05, 3.63) is 54.6 Å². The molecule has 0 fully saturated rings. The van der Waals surface area contributed by atoms with Crippen molar-refractivity contribution in [2.75, 3.05) is 36.1 Å². The predicted octanol–water partition coefficient (Wildman–Crippen LogP) is 2.20. The van der Waals surface area contributed by atoms with E-state index < -0.39 is 5.91 Å². The minimum Gasteiger partial charge on any atom is -0.492 e. The summed E-state index contributed by atoms with van der Waals surface area (Å²) in [4.78, 5) is 27.4. The molecule has 27 heavy (non-hydrogen) atoms. The van der Waals surface area contributed by atoms with Gasteiger partial charge in [0.25, 0.3) is 5.91 Å². The molecule has 1 aliphatic heterocycles. The van der Waals surface area contributed by atoms with E-state index in [1.807, 2.05) is 42.3 Å². The van der Waals surface area contributed by atoms with Gasteiger partial charge in [-0.2, -0.15) is 0 Å². The van der Waals surface area contributed by atoms with E-state index in [1.165, 1.54) is 0 Å². The molecular formula is C19H18N6O2. The van der Waals surface area contributed by atoms with Gasteiger partial charge < -0.3 is 20.7 Å². The molecule has 2 aromatic heterocycles. The van der Waals surface area contributed by atoms with E-state index >= 15 is 0 Å². The normalized spacial score (nSPS) is 13.8. The molecular weight excluding hydrogens is 344 g/mol. The molecule has 0 radical (unpaired) electrons. The molecule has 0 spiro atoms. The van der Waals surface area contributed by atoms with Crippen molar-refractivity contribution in [1.29, 1.82) is 0 Å². The molecule has 1 aliphatic rings. The van der Waals surface area contributed by atoms with Gasteiger partial charge in [-0.15, -0.1) is 0 Å². The number of carbonyl (C=O) groups is 1. The topological polar surface area (TPSA) is 106 Å². The Bertz CT molecular complexity index is 1010. The van der Waals surface area contributed by atoms with Gasteiger partial charge in [-0.25, -0.2) is 9.97 Å². The zero-order valence-corrected chi connectivity index (χ0v) is 14.7. The van der Waals surface area contributed by atoms with Gasteiger partial charge in [-0.3, -0.25) is 9.78 Å². The maximum absolute atomic E-state index is 12.8. The molecule has 4 bridgehead atoms. The number of rotatable bonds is 0. The number of pyridine rings is 1. The fourth-order valence-electron chi connectivity index (χ4n) is 2.87. The minimum absolute atomic E-state index is 0.0633. The van der Waals surface area contributed by atoms with Crippen molar-refractivity contribution in [3.8, 4) is 17.0 Å². The molecule has 8 heteroatoms. The summed E-state index contributed by atoms with van der Waals surface area (Å²) >= 11 is 0. The van der Waals surface area contributed by atoms with Crippen LogP contribution in [0.4, 0.5) is 17.2 Å². The summed E-state index contributed by atoms with van der Waals surface area (Å²) in [6, 6.07) is 9.33. The first-order valence-electron chi connectivity index (χ1n) is 8.44. The summed E-state index contributed by atoms with van der Waals surface area (Å²) in [6.07, 6.45) is 4.80. The number of hydrogen-bond donors (Lipinski definition) is 2. The number of carbonyl (C=O) groups excluding carboxylic acids is 1. The summed E-state index contributed by atoms with van der Waals surface area (Å²) in [6.45, 7) is 1.11. The number of nitrogen functional groups attached to an aromatic ring is 1. The van der Waals surface area contributed by atoms with Crippen LogP contribution in [0.5, 0.6) is 5.75 Å². The Kier molecular flexibility index (Phi) is 4.29. The van der Waals surface area contributed by atoms with Gasteiger partial charge in [-0.05, 0) is 18.2 Å². The highest BCUT2D eigenvalue weighted by Gasteiger charge is 2.18. The third-order valence-electron chi connectivity index (χ3n) is 4.30. The van der Waals surface area contributed by atoms with Crippen LogP contribution in [0, 0.1) is 0 Å². The summed E-state index contributed by atoms with van der Waals surface area (Å²) in [5.41, 5.74) is 8.68. The maximum Gasteiger partial charge on any atom is 0.278 e. The SMILES string of the molecule is CN1CCOc2cccc(c2)-c2cnc(N)c(n2)C(=O)Nc2cnccc21. The van der Waals surface area contributed by atoms with Gasteiger partial charge in [0.15, 0.2) is 11.5 Å². The standard InChI is InChI=1S/C19H18N6O2/c1-25-7-8-27-13-4-2-3-12(9-13)14-11-22-18(20)17(23-14)19(26)24-15-10-21-6-5-16(15)25/h2-6,9-11H,7-8H2,1H3,(H2,20,22)(H,24,26). The lowest BCUT2D eigenvalue weighted by Crippen LogP contribution is -2.26. The van der Waals surface area contributed by atoms with Crippen LogP contribution < -0.4 is 20.7 Å². The highest BCUT2D eigenvalue weighted by molar-refractivity contribution is 6.07. The van der Waals surface area contributed by atoms with E-state index in [0.29, 0.717) is 24.5 Å². The van der Waals surface area contributed by atoms with Crippen LogP contribution in [0.1, 0.15) is 10.5 Å².